The van der Waals surface area contributed by atoms with Crippen molar-refractivity contribution in [2.75, 3.05) is 6.54 Å². The van der Waals surface area contributed by atoms with Crippen LogP contribution in [0.25, 0.3) is 10.9 Å². The van der Waals surface area contributed by atoms with Crippen LogP contribution in [0.15, 0.2) is 78.9 Å². The third-order valence-corrected chi connectivity index (χ3v) is 5.45. The number of fused-ring (bicyclic) bond motifs is 1. The zero-order valence-corrected chi connectivity index (χ0v) is 18.0. The lowest BCUT2D eigenvalue weighted by Gasteiger charge is -2.12. The number of halogens is 1. The third kappa shape index (κ3) is 5.22. The molecule has 0 spiro atoms. The first-order valence-corrected chi connectivity index (χ1v) is 10.6. The summed E-state index contributed by atoms with van der Waals surface area (Å²) in [5.74, 6) is 0.265. The largest absolute Gasteiger partial charge is 0.473 e. The number of pyridine rings is 1. The second-order valence-electron chi connectivity index (χ2n) is 7.40. The highest BCUT2D eigenvalue weighted by atomic mass is 35.5. The predicted molar refractivity (Wildman–Crippen MR) is 125 cm³/mol. The van der Waals surface area contributed by atoms with Crippen LogP contribution in [-0.2, 0) is 13.0 Å². The maximum absolute atomic E-state index is 13.0. The summed E-state index contributed by atoms with van der Waals surface area (Å²) in [5.41, 5.74) is 4.52. The SMILES string of the molecule is Cc1ccc(COc2cc(C(=O)NCCc3ccccc3Cl)c3ccccc3n2)cc1. The van der Waals surface area contributed by atoms with Gasteiger partial charge in [0.25, 0.3) is 5.91 Å². The van der Waals surface area contributed by atoms with Crippen LogP contribution in [0.2, 0.25) is 5.02 Å². The summed E-state index contributed by atoms with van der Waals surface area (Å²) in [6, 6.07) is 25.1. The van der Waals surface area contributed by atoms with Gasteiger partial charge in [-0.1, -0.05) is 77.8 Å². The van der Waals surface area contributed by atoms with E-state index in [1.165, 1.54) is 5.56 Å². The first-order chi connectivity index (χ1) is 15.1. The maximum atomic E-state index is 13.0. The molecule has 0 saturated heterocycles. The first-order valence-electron chi connectivity index (χ1n) is 10.2. The number of carbonyl (C=O) groups excluding carboxylic acids is 1. The van der Waals surface area contributed by atoms with Gasteiger partial charge in [0.1, 0.15) is 6.61 Å². The number of aryl methyl sites for hydroxylation is 1. The summed E-state index contributed by atoms with van der Waals surface area (Å²) < 4.78 is 5.91. The third-order valence-electron chi connectivity index (χ3n) is 5.08. The van der Waals surface area contributed by atoms with E-state index in [-0.39, 0.29) is 5.91 Å². The molecular weight excluding hydrogens is 408 g/mol. The van der Waals surface area contributed by atoms with Gasteiger partial charge < -0.3 is 10.1 Å². The van der Waals surface area contributed by atoms with E-state index in [2.05, 4.69) is 10.3 Å². The number of carbonyl (C=O) groups is 1. The normalized spacial score (nSPS) is 10.8. The van der Waals surface area contributed by atoms with Gasteiger partial charge in [-0.2, -0.15) is 0 Å². The molecule has 1 heterocycles. The molecule has 4 rings (SSSR count). The summed E-state index contributed by atoms with van der Waals surface area (Å²) in [6.45, 7) is 2.92. The summed E-state index contributed by atoms with van der Waals surface area (Å²) in [6.07, 6.45) is 0.658. The fourth-order valence-electron chi connectivity index (χ4n) is 3.36. The van der Waals surface area contributed by atoms with Crippen LogP contribution in [0.1, 0.15) is 27.0 Å². The zero-order chi connectivity index (χ0) is 21.6. The van der Waals surface area contributed by atoms with Gasteiger partial charge in [-0.05, 0) is 36.6 Å². The number of rotatable bonds is 7. The highest BCUT2D eigenvalue weighted by Crippen LogP contribution is 2.23. The van der Waals surface area contributed by atoms with Gasteiger partial charge in [0.15, 0.2) is 0 Å². The van der Waals surface area contributed by atoms with Gasteiger partial charge >= 0.3 is 0 Å². The Morgan fingerprint density at radius 2 is 1.74 bits per heavy atom. The fourth-order valence-corrected chi connectivity index (χ4v) is 3.59. The van der Waals surface area contributed by atoms with E-state index in [1.807, 2.05) is 79.7 Å². The first kappa shape index (κ1) is 20.9. The van der Waals surface area contributed by atoms with Crippen LogP contribution < -0.4 is 10.1 Å². The van der Waals surface area contributed by atoms with Gasteiger partial charge in [0.2, 0.25) is 5.88 Å². The number of para-hydroxylation sites is 1. The van der Waals surface area contributed by atoms with E-state index >= 15 is 0 Å². The highest BCUT2D eigenvalue weighted by Gasteiger charge is 2.14. The van der Waals surface area contributed by atoms with E-state index in [0.29, 0.717) is 36.0 Å². The molecule has 0 saturated carbocycles. The Morgan fingerprint density at radius 1 is 1.00 bits per heavy atom. The molecule has 0 aliphatic heterocycles. The van der Waals surface area contributed by atoms with Crippen molar-refractivity contribution in [3.8, 4) is 5.88 Å². The monoisotopic (exact) mass is 430 g/mol. The fraction of sp³-hybridized carbons (Fsp3) is 0.154. The molecule has 4 nitrogen and oxygen atoms in total. The minimum absolute atomic E-state index is 0.161. The Hall–Kier alpha value is -3.37. The van der Waals surface area contributed by atoms with Crippen molar-refractivity contribution in [3.05, 3.63) is 106 Å². The van der Waals surface area contributed by atoms with E-state index in [9.17, 15) is 4.79 Å². The van der Waals surface area contributed by atoms with E-state index in [1.54, 1.807) is 6.07 Å². The second-order valence-corrected chi connectivity index (χ2v) is 7.80. The predicted octanol–water partition coefficient (Wildman–Crippen LogP) is 5.75. The molecule has 0 aliphatic rings. The molecule has 4 aromatic rings. The molecule has 156 valence electrons. The molecule has 0 atom stereocenters. The van der Waals surface area contributed by atoms with Crippen molar-refractivity contribution < 1.29 is 9.53 Å². The van der Waals surface area contributed by atoms with Gasteiger partial charge in [-0.15, -0.1) is 0 Å². The van der Waals surface area contributed by atoms with Crippen LogP contribution >= 0.6 is 11.6 Å². The molecule has 5 heteroatoms. The second kappa shape index (κ2) is 9.63. The van der Waals surface area contributed by atoms with Crippen LogP contribution in [0.3, 0.4) is 0 Å². The minimum atomic E-state index is -0.161. The number of hydrogen-bond acceptors (Lipinski definition) is 3. The summed E-state index contributed by atoms with van der Waals surface area (Å²) in [7, 11) is 0. The highest BCUT2D eigenvalue weighted by molar-refractivity contribution is 6.31. The van der Waals surface area contributed by atoms with Crippen molar-refractivity contribution in [3.63, 3.8) is 0 Å². The number of nitrogens with zero attached hydrogens (tertiary/aromatic N) is 1. The molecular formula is C26H23ClN2O2. The number of aromatic nitrogens is 1. The number of ether oxygens (including phenoxy) is 1. The molecule has 0 bridgehead atoms. The molecule has 31 heavy (non-hydrogen) atoms. The smallest absolute Gasteiger partial charge is 0.252 e. The van der Waals surface area contributed by atoms with Crippen molar-refractivity contribution in [2.24, 2.45) is 0 Å². The molecule has 0 unspecified atom stereocenters. The Labute approximate surface area is 186 Å². The lowest BCUT2D eigenvalue weighted by atomic mass is 10.1. The van der Waals surface area contributed by atoms with Gasteiger partial charge in [-0.3, -0.25) is 4.79 Å². The molecule has 0 radical (unpaired) electrons. The number of hydrogen-bond donors (Lipinski definition) is 1. The number of nitrogens with one attached hydrogen (secondary N) is 1. The van der Waals surface area contributed by atoms with Crippen LogP contribution in [0.4, 0.5) is 0 Å². The Bertz CT molecular complexity index is 1210. The van der Waals surface area contributed by atoms with Gasteiger partial charge in [0, 0.05) is 23.0 Å². The lowest BCUT2D eigenvalue weighted by Crippen LogP contribution is -2.26. The molecule has 1 N–H and O–H groups in total. The molecule has 1 aromatic heterocycles. The van der Waals surface area contributed by atoms with Crippen molar-refractivity contribution in [1.82, 2.24) is 10.3 Å². The summed E-state index contributed by atoms with van der Waals surface area (Å²) in [4.78, 5) is 17.5. The zero-order valence-electron chi connectivity index (χ0n) is 17.3. The molecule has 0 aliphatic carbocycles. The quantitative estimate of drug-likeness (QED) is 0.406. The minimum Gasteiger partial charge on any atom is -0.473 e. The lowest BCUT2D eigenvalue weighted by molar-refractivity contribution is 0.0955. The van der Waals surface area contributed by atoms with E-state index in [0.717, 1.165) is 22.0 Å². The molecule has 1 amide bonds. The Morgan fingerprint density at radius 3 is 2.55 bits per heavy atom. The molecule has 3 aromatic carbocycles. The Balaban J connectivity index is 1.50. The van der Waals surface area contributed by atoms with E-state index < -0.39 is 0 Å². The van der Waals surface area contributed by atoms with Gasteiger partial charge in [0.05, 0.1) is 11.1 Å². The van der Waals surface area contributed by atoms with Crippen molar-refractivity contribution >= 4 is 28.4 Å². The van der Waals surface area contributed by atoms with Crippen molar-refractivity contribution in [2.45, 2.75) is 20.0 Å². The average molecular weight is 431 g/mol. The van der Waals surface area contributed by atoms with Crippen LogP contribution in [0.5, 0.6) is 5.88 Å². The van der Waals surface area contributed by atoms with Crippen LogP contribution in [-0.4, -0.2) is 17.4 Å². The average Bonchev–Trinajstić information content (AvgIpc) is 2.79. The Kier molecular flexibility index (Phi) is 6.48. The molecule has 0 fully saturated rings. The topological polar surface area (TPSA) is 51.2 Å². The van der Waals surface area contributed by atoms with Crippen molar-refractivity contribution in [1.29, 1.82) is 0 Å². The number of amides is 1. The van der Waals surface area contributed by atoms with E-state index in [4.69, 9.17) is 16.3 Å². The van der Waals surface area contributed by atoms with Gasteiger partial charge in [-0.25, -0.2) is 4.98 Å². The summed E-state index contributed by atoms with van der Waals surface area (Å²) in [5, 5.41) is 4.49. The summed E-state index contributed by atoms with van der Waals surface area (Å²) >= 11 is 6.21. The maximum Gasteiger partial charge on any atom is 0.252 e. The number of benzene rings is 3. The van der Waals surface area contributed by atoms with Crippen LogP contribution in [0, 0.1) is 6.92 Å². The standard InChI is InChI=1S/C26H23ClN2O2/c1-18-10-12-19(13-11-18)17-31-25-16-22(21-7-3-5-9-24(21)29-25)26(30)28-15-14-20-6-2-4-8-23(20)27/h2-13,16H,14-15,17H2,1H3,(H,28,30).